The molecule has 0 aliphatic rings. The predicted molar refractivity (Wildman–Crippen MR) is 209 cm³/mol. The topological polar surface area (TPSA) is 0 Å². The minimum Gasteiger partial charge on any atom is -0.0984 e. The highest BCUT2D eigenvalue weighted by Gasteiger charge is 2.21. The average molecular weight is 611 g/mol. The van der Waals surface area contributed by atoms with Gasteiger partial charge in [-0.3, -0.25) is 0 Å². The number of hydrogen-bond acceptors (Lipinski definition) is 0. The Kier molecular flexibility index (Phi) is 7.61. The number of hydrogen-bond donors (Lipinski definition) is 0. The van der Waals surface area contributed by atoms with Crippen molar-refractivity contribution >= 4 is 33.7 Å². The monoisotopic (exact) mass is 610 g/mol. The molecule has 0 aliphatic carbocycles. The zero-order valence-corrected chi connectivity index (χ0v) is 26.7. The molecule has 0 aliphatic heterocycles. The molecule has 0 aromatic heterocycles. The Morgan fingerprint density at radius 3 is 1.21 bits per heavy atom. The van der Waals surface area contributed by atoms with Gasteiger partial charge in [0.15, 0.2) is 0 Å². The van der Waals surface area contributed by atoms with Crippen LogP contribution in [0.3, 0.4) is 0 Å². The lowest BCUT2D eigenvalue weighted by atomic mass is 9.81. The van der Waals surface area contributed by atoms with Crippen LogP contribution < -0.4 is 0 Å². The Labute approximate surface area is 282 Å². The van der Waals surface area contributed by atoms with E-state index in [1.165, 1.54) is 77.2 Å². The third-order valence-corrected chi connectivity index (χ3v) is 9.38. The highest BCUT2D eigenvalue weighted by molar-refractivity contribution is 6.23. The van der Waals surface area contributed by atoms with E-state index in [4.69, 9.17) is 0 Å². The lowest BCUT2D eigenvalue weighted by Gasteiger charge is -2.22. The van der Waals surface area contributed by atoms with Crippen molar-refractivity contribution in [1.82, 2.24) is 0 Å². The molecule has 0 heteroatoms. The minimum atomic E-state index is 1.07. The Balaban J connectivity index is 1.53. The molecule has 8 aromatic carbocycles. The minimum absolute atomic E-state index is 1.07. The Morgan fingerprint density at radius 2 is 0.688 bits per heavy atom. The van der Waals surface area contributed by atoms with Crippen molar-refractivity contribution in [2.75, 3.05) is 0 Å². The van der Waals surface area contributed by atoms with Crippen molar-refractivity contribution in [3.63, 3.8) is 0 Å². The van der Waals surface area contributed by atoms with Gasteiger partial charge in [0, 0.05) is 0 Å². The van der Waals surface area contributed by atoms with Gasteiger partial charge in [0.1, 0.15) is 0 Å². The lowest BCUT2D eigenvalue weighted by Crippen LogP contribution is -1.95. The molecule has 0 atom stereocenters. The molecule has 0 amide bonds. The predicted octanol–water partition coefficient (Wildman–Crippen LogP) is 13.6. The molecule has 0 bridgehead atoms. The molecule has 0 saturated carbocycles. The summed E-state index contributed by atoms with van der Waals surface area (Å²) in [7, 11) is 0. The lowest BCUT2D eigenvalue weighted by molar-refractivity contribution is 1.58. The highest BCUT2D eigenvalue weighted by atomic mass is 14.2. The van der Waals surface area contributed by atoms with Gasteiger partial charge in [-0.15, -0.1) is 0 Å². The van der Waals surface area contributed by atoms with E-state index in [9.17, 15) is 0 Å². The first-order valence-corrected chi connectivity index (χ1v) is 16.4. The molecular weight excluding hydrogens is 577 g/mol. The molecule has 226 valence electrons. The quantitative estimate of drug-likeness (QED) is 0.158. The van der Waals surface area contributed by atoms with E-state index in [0.717, 1.165) is 11.1 Å². The SMILES string of the molecule is C=Cc1cc2c(-c3cc(-c4ccccc4)cc(-c4ccccc4)c3)c3ccccc3c(-c3ccccc3-c3ccccc3)c2cc1C=C. The maximum absolute atomic E-state index is 4.21. The van der Waals surface area contributed by atoms with Gasteiger partial charge in [0.2, 0.25) is 0 Å². The molecule has 48 heavy (non-hydrogen) atoms. The Bertz CT molecular complexity index is 2390. The summed E-state index contributed by atoms with van der Waals surface area (Å²) in [6.45, 7) is 8.40. The summed E-state index contributed by atoms with van der Waals surface area (Å²) in [5.74, 6) is 0. The van der Waals surface area contributed by atoms with E-state index < -0.39 is 0 Å². The van der Waals surface area contributed by atoms with E-state index in [2.05, 4.69) is 183 Å². The largest absolute Gasteiger partial charge is 0.0984 e. The van der Waals surface area contributed by atoms with Crippen LogP contribution in [-0.2, 0) is 0 Å². The van der Waals surface area contributed by atoms with Gasteiger partial charge in [-0.2, -0.15) is 0 Å². The second kappa shape index (κ2) is 12.5. The van der Waals surface area contributed by atoms with Crippen LogP contribution in [0.1, 0.15) is 11.1 Å². The third kappa shape index (κ3) is 5.14. The fraction of sp³-hybridized carbons (Fsp3) is 0. The average Bonchev–Trinajstić information content (AvgIpc) is 3.17. The van der Waals surface area contributed by atoms with Crippen LogP contribution in [0, 0.1) is 0 Å². The van der Waals surface area contributed by atoms with Gasteiger partial charge < -0.3 is 0 Å². The molecule has 0 N–H and O–H groups in total. The van der Waals surface area contributed by atoms with Crippen molar-refractivity contribution in [1.29, 1.82) is 0 Å². The first-order chi connectivity index (χ1) is 23.7. The molecule has 0 radical (unpaired) electrons. The van der Waals surface area contributed by atoms with Crippen molar-refractivity contribution in [3.8, 4) is 55.6 Å². The summed E-state index contributed by atoms with van der Waals surface area (Å²) in [6.07, 6.45) is 3.89. The molecule has 8 rings (SSSR count). The summed E-state index contributed by atoms with van der Waals surface area (Å²) in [5, 5.41) is 4.82. The Hall–Kier alpha value is -6.24. The number of fused-ring (bicyclic) bond motifs is 2. The van der Waals surface area contributed by atoms with Crippen LogP contribution in [0.25, 0.3) is 89.3 Å². The van der Waals surface area contributed by atoms with Crippen LogP contribution in [0.5, 0.6) is 0 Å². The van der Waals surface area contributed by atoms with Crippen LogP contribution in [0.2, 0.25) is 0 Å². The van der Waals surface area contributed by atoms with Crippen LogP contribution in [0.4, 0.5) is 0 Å². The van der Waals surface area contributed by atoms with Crippen molar-refractivity contribution < 1.29 is 0 Å². The van der Waals surface area contributed by atoms with Gasteiger partial charge in [-0.1, -0.05) is 165 Å². The normalized spacial score (nSPS) is 11.1. The van der Waals surface area contributed by atoms with E-state index in [0.29, 0.717) is 0 Å². The van der Waals surface area contributed by atoms with Gasteiger partial charge in [0.05, 0.1) is 0 Å². The van der Waals surface area contributed by atoms with Crippen LogP contribution in [0.15, 0.2) is 183 Å². The molecule has 0 heterocycles. The van der Waals surface area contributed by atoms with E-state index in [-0.39, 0.29) is 0 Å². The summed E-state index contributed by atoms with van der Waals surface area (Å²) in [6, 6.07) is 61.4. The van der Waals surface area contributed by atoms with Crippen molar-refractivity contribution in [3.05, 3.63) is 194 Å². The third-order valence-electron chi connectivity index (χ3n) is 9.38. The van der Waals surface area contributed by atoms with Crippen molar-refractivity contribution in [2.24, 2.45) is 0 Å². The number of rotatable bonds is 7. The summed E-state index contributed by atoms with van der Waals surface area (Å²) in [4.78, 5) is 0. The standard InChI is InChI=1S/C48H34/c1-3-33-31-45-46(32-34(33)4-2)48(42-25-15-14-24-41(42)37-22-12-7-13-23-37)44-27-17-16-26-43(44)47(45)40-29-38(35-18-8-5-9-19-35)28-39(30-40)36-20-10-6-11-21-36/h3-32H,1-2H2. The second-order valence-corrected chi connectivity index (χ2v) is 12.2. The molecule has 8 aromatic rings. The van der Waals surface area contributed by atoms with E-state index in [1.807, 2.05) is 12.2 Å². The zero-order chi connectivity index (χ0) is 32.5. The first-order valence-electron chi connectivity index (χ1n) is 16.4. The molecule has 0 unspecified atom stereocenters. The summed E-state index contributed by atoms with van der Waals surface area (Å²) < 4.78 is 0. The fourth-order valence-corrected chi connectivity index (χ4v) is 7.15. The maximum atomic E-state index is 4.21. The van der Waals surface area contributed by atoms with Crippen LogP contribution >= 0.6 is 0 Å². The molecule has 0 saturated heterocycles. The van der Waals surface area contributed by atoms with Gasteiger partial charge >= 0.3 is 0 Å². The number of benzene rings is 8. The van der Waals surface area contributed by atoms with Crippen LogP contribution in [-0.4, -0.2) is 0 Å². The molecular formula is C48H34. The summed E-state index contributed by atoms with van der Waals surface area (Å²) >= 11 is 0. The smallest absolute Gasteiger partial charge is 0.00199 e. The van der Waals surface area contributed by atoms with Gasteiger partial charge in [0.25, 0.3) is 0 Å². The van der Waals surface area contributed by atoms with Gasteiger partial charge in [-0.05, 0) is 119 Å². The fourth-order valence-electron chi connectivity index (χ4n) is 7.15. The van der Waals surface area contributed by atoms with E-state index >= 15 is 0 Å². The molecule has 0 fully saturated rings. The molecule has 0 nitrogen and oxygen atoms in total. The summed E-state index contributed by atoms with van der Waals surface area (Å²) in [5.41, 5.74) is 14.1. The van der Waals surface area contributed by atoms with E-state index in [1.54, 1.807) is 0 Å². The first kappa shape index (κ1) is 29.2. The maximum Gasteiger partial charge on any atom is -0.00199 e. The van der Waals surface area contributed by atoms with Crippen molar-refractivity contribution in [2.45, 2.75) is 0 Å². The zero-order valence-electron chi connectivity index (χ0n) is 26.7. The highest BCUT2D eigenvalue weighted by Crippen LogP contribution is 2.48. The van der Waals surface area contributed by atoms with Gasteiger partial charge in [-0.25, -0.2) is 0 Å². The molecule has 0 spiro atoms. The second-order valence-electron chi connectivity index (χ2n) is 12.2. The Morgan fingerprint density at radius 1 is 0.292 bits per heavy atom.